The molecule has 4 nitrogen and oxygen atoms in total. The first-order valence-corrected chi connectivity index (χ1v) is 7.30. The number of carbonyl (C=O) groups is 1. The Balaban J connectivity index is 2.65. The number of rotatable bonds is 4. The second kappa shape index (κ2) is 5.83. The maximum absolute atomic E-state index is 12.2. The van der Waals surface area contributed by atoms with Crippen molar-refractivity contribution < 1.29 is 4.79 Å². The average molecular weight is 294 g/mol. The lowest BCUT2D eigenvalue weighted by Gasteiger charge is -2.18. The number of likely N-dealkylation sites (N-methyl/N-ethyl adjacent to an activating group) is 1. The SMILES string of the molecule is CCNC(=O)C(C)n1c(C(C)Cl)nc2cccc(C)c21. The van der Waals surface area contributed by atoms with Crippen molar-refractivity contribution in [2.45, 2.75) is 39.1 Å². The molecule has 1 N–H and O–H groups in total. The van der Waals surface area contributed by atoms with Crippen LogP contribution in [-0.2, 0) is 4.79 Å². The minimum absolute atomic E-state index is 0.0198. The fraction of sp³-hybridized carbons (Fsp3) is 0.467. The van der Waals surface area contributed by atoms with E-state index in [1.54, 1.807) is 0 Å². The molecule has 2 aromatic rings. The van der Waals surface area contributed by atoms with E-state index in [9.17, 15) is 4.79 Å². The fourth-order valence-corrected chi connectivity index (χ4v) is 2.60. The second-order valence-electron chi connectivity index (χ2n) is 4.97. The van der Waals surface area contributed by atoms with Gasteiger partial charge in [0, 0.05) is 6.54 Å². The van der Waals surface area contributed by atoms with E-state index < -0.39 is 0 Å². The Morgan fingerprint density at radius 1 is 1.45 bits per heavy atom. The first kappa shape index (κ1) is 14.9. The Morgan fingerprint density at radius 2 is 2.15 bits per heavy atom. The van der Waals surface area contributed by atoms with Crippen molar-refractivity contribution in [2.24, 2.45) is 0 Å². The van der Waals surface area contributed by atoms with Gasteiger partial charge in [-0.3, -0.25) is 4.79 Å². The van der Waals surface area contributed by atoms with E-state index in [1.807, 2.05) is 50.5 Å². The number of benzene rings is 1. The summed E-state index contributed by atoms with van der Waals surface area (Å²) in [4.78, 5) is 16.8. The molecular formula is C15H20ClN3O. The number of halogens is 1. The summed E-state index contributed by atoms with van der Waals surface area (Å²) in [5.41, 5.74) is 2.95. The van der Waals surface area contributed by atoms with Gasteiger partial charge in [0.05, 0.1) is 16.4 Å². The zero-order valence-electron chi connectivity index (χ0n) is 12.3. The molecule has 1 heterocycles. The highest BCUT2D eigenvalue weighted by molar-refractivity contribution is 6.20. The van der Waals surface area contributed by atoms with Crippen LogP contribution in [0.3, 0.4) is 0 Å². The van der Waals surface area contributed by atoms with E-state index in [0.29, 0.717) is 6.54 Å². The topological polar surface area (TPSA) is 46.9 Å². The standard InChI is InChI=1S/C15H20ClN3O/c1-5-17-15(20)11(4)19-13-9(2)7-6-8-12(13)18-14(19)10(3)16/h6-8,10-11H,5H2,1-4H3,(H,17,20). The number of alkyl halides is 1. The Labute approximate surface area is 124 Å². The summed E-state index contributed by atoms with van der Waals surface area (Å²) < 4.78 is 1.95. The van der Waals surface area contributed by atoms with Crippen LogP contribution in [0.4, 0.5) is 0 Å². The molecule has 0 aliphatic carbocycles. The van der Waals surface area contributed by atoms with E-state index in [-0.39, 0.29) is 17.3 Å². The molecule has 108 valence electrons. The monoisotopic (exact) mass is 293 g/mol. The number of nitrogens with one attached hydrogen (secondary N) is 1. The van der Waals surface area contributed by atoms with Gasteiger partial charge in [-0.15, -0.1) is 11.6 Å². The molecule has 0 fully saturated rings. The third kappa shape index (κ3) is 2.52. The molecule has 0 bridgehead atoms. The number of fused-ring (bicyclic) bond motifs is 1. The summed E-state index contributed by atoms with van der Waals surface area (Å²) in [6, 6.07) is 5.60. The predicted octanol–water partition coefficient (Wildman–Crippen LogP) is 3.34. The van der Waals surface area contributed by atoms with Crippen LogP contribution in [0, 0.1) is 6.92 Å². The summed E-state index contributed by atoms with van der Waals surface area (Å²) in [7, 11) is 0. The van der Waals surface area contributed by atoms with Gasteiger partial charge in [-0.1, -0.05) is 12.1 Å². The number of carbonyl (C=O) groups excluding carboxylic acids is 1. The fourth-order valence-electron chi connectivity index (χ4n) is 2.45. The first-order chi connectivity index (χ1) is 9.47. The van der Waals surface area contributed by atoms with Crippen molar-refractivity contribution in [2.75, 3.05) is 6.54 Å². The smallest absolute Gasteiger partial charge is 0.242 e. The summed E-state index contributed by atoms with van der Waals surface area (Å²) in [5, 5.41) is 2.60. The molecule has 0 aliphatic rings. The van der Waals surface area contributed by atoms with E-state index in [1.165, 1.54) is 0 Å². The average Bonchev–Trinajstić information content (AvgIpc) is 2.79. The lowest BCUT2D eigenvalue weighted by Crippen LogP contribution is -2.31. The number of hydrogen-bond donors (Lipinski definition) is 1. The summed E-state index contributed by atoms with van der Waals surface area (Å²) in [6.45, 7) is 8.29. The van der Waals surface area contributed by atoms with Crippen molar-refractivity contribution in [3.63, 3.8) is 0 Å². The summed E-state index contributed by atoms with van der Waals surface area (Å²) in [6.07, 6.45) is 0. The molecule has 2 unspecified atom stereocenters. The molecule has 0 aliphatic heterocycles. The lowest BCUT2D eigenvalue weighted by atomic mass is 10.2. The van der Waals surface area contributed by atoms with Crippen molar-refractivity contribution in [1.82, 2.24) is 14.9 Å². The normalized spacial score (nSPS) is 14.2. The van der Waals surface area contributed by atoms with E-state index in [4.69, 9.17) is 11.6 Å². The van der Waals surface area contributed by atoms with Gasteiger partial charge < -0.3 is 9.88 Å². The zero-order valence-corrected chi connectivity index (χ0v) is 13.0. The van der Waals surface area contributed by atoms with Crippen molar-refractivity contribution in [1.29, 1.82) is 0 Å². The molecule has 2 atom stereocenters. The van der Waals surface area contributed by atoms with Gasteiger partial charge in [0.15, 0.2) is 0 Å². The minimum atomic E-state index is -0.336. The van der Waals surface area contributed by atoms with Crippen LogP contribution in [0.15, 0.2) is 18.2 Å². The van der Waals surface area contributed by atoms with Crippen LogP contribution in [0.2, 0.25) is 0 Å². The molecule has 0 spiro atoms. The third-order valence-corrected chi connectivity index (χ3v) is 3.61. The number of aryl methyl sites for hydroxylation is 1. The minimum Gasteiger partial charge on any atom is -0.355 e. The number of amides is 1. The Bertz CT molecular complexity index is 633. The van der Waals surface area contributed by atoms with Gasteiger partial charge in [0.2, 0.25) is 5.91 Å². The maximum atomic E-state index is 12.2. The van der Waals surface area contributed by atoms with Crippen LogP contribution in [0.1, 0.15) is 43.6 Å². The Hall–Kier alpha value is -1.55. The quantitative estimate of drug-likeness (QED) is 0.879. The highest BCUT2D eigenvalue weighted by Gasteiger charge is 2.24. The van der Waals surface area contributed by atoms with E-state index in [2.05, 4.69) is 10.3 Å². The van der Waals surface area contributed by atoms with Crippen LogP contribution in [0.25, 0.3) is 11.0 Å². The van der Waals surface area contributed by atoms with Gasteiger partial charge in [0.25, 0.3) is 0 Å². The van der Waals surface area contributed by atoms with E-state index in [0.717, 1.165) is 22.4 Å². The molecule has 5 heteroatoms. The zero-order chi connectivity index (χ0) is 14.9. The highest BCUT2D eigenvalue weighted by atomic mass is 35.5. The predicted molar refractivity (Wildman–Crippen MR) is 82.1 cm³/mol. The number of aromatic nitrogens is 2. The number of nitrogens with zero attached hydrogens (tertiary/aromatic N) is 2. The molecule has 1 aromatic carbocycles. The van der Waals surface area contributed by atoms with Crippen molar-refractivity contribution in [3.8, 4) is 0 Å². The van der Waals surface area contributed by atoms with Crippen molar-refractivity contribution in [3.05, 3.63) is 29.6 Å². The van der Waals surface area contributed by atoms with Gasteiger partial charge in [0.1, 0.15) is 11.9 Å². The molecule has 0 radical (unpaired) electrons. The lowest BCUT2D eigenvalue weighted by molar-refractivity contribution is -0.123. The maximum Gasteiger partial charge on any atom is 0.242 e. The number of hydrogen-bond acceptors (Lipinski definition) is 2. The van der Waals surface area contributed by atoms with Crippen LogP contribution >= 0.6 is 11.6 Å². The Morgan fingerprint density at radius 3 is 2.75 bits per heavy atom. The molecule has 1 aromatic heterocycles. The number of imidazole rings is 1. The van der Waals surface area contributed by atoms with Gasteiger partial charge in [-0.05, 0) is 39.3 Å². The van der Waals surface area contributed by atoms with Crippen LogP contribution < -0.4 is 5.32 Å². The van der Waals surface area contributed by atoms with Gasteiger partial charge in [-0.25, -0.2) is 4.98 Å². The first-order valence-electron chi connectivity index (χ1n) is 6.86. The highest BCUT2D eigenvalue weighted by Crippen LogP contribution is 2.29. The van der Waals surface area contributed by atoms with Gasteiger partial charge >= 0.3 is 0 Å². The van der Waals surface area contributed by atoms with Crippen LogP contribution in [0.5, 0.6) is 0 Å². The molecule has 0 saturated carbocycles. The number of para-hydroxylation sites is 1. The molecule has 20 heavy (non-hydrogen) atoms. The Kier molecular flexibility index (Phi) is 4.33. The second-order valence-corrected chi connectivity index (χ2v) is 5.62. The summed E-state index contributed by atoms with van der Waals surface area (Å²) in [5.74, 6) is 0.711. The van der Waals surface area contributed by atoms with Crippen LogP contribution in [-0.4, -0.2) is 22.0 Å². The van der Waals surface area contributed by atoms with Crippen molar-refractivity contribution >= 4 is 28.5 Å². The molecule has 1 amide bonds. The molecule has 2 rings (SSSR count). The van der Waals surface area contributed by atoms with E-state index >= 15 is 0 Å². The summed E-state index contributed by atoms with van der Waals surface area (Å²) >= 11 is 6.24. The van der Waals surface area contributed by atoms with Gasteiger partial charge in [-0.2, -0.15) is 0 Å². The largest absolute Gasteiger partial charge is 0.355 e. The molecule has 0 saturated heterocycles. The molecular weight excluding hydrogens is 274 g/mol. The third-order valence-electron chi connectivity index (χ3n) is 3.41.